The number of benzene rings is 2. The van der Waals surface area contributed by atoms with Gasteiger partial charge in [0.15, 0.2) is 0 Å². The van der Waals surface area contributed by atoms with Gasteiger partial charge in [-0.25, -0.2) is 0 Å². The van der Waals surface area contributed by atoms with Crippen LogP contribution < -0.4 is 5.32 Å². The molecule has 2 fully saturated rings. The van der Waals surface area contributed by atoms with E-state index in [4.69, 9.17) is 0 Å². The average Bonchev–Trinajstić information content (AvgIpc) is 3.13. The van der Waals surface area contributed by atoms with Crippen molar-refractivity contribution in [3.63, 3.8) is 0 Å². The van der Waals surface area contributed by atoms with Gasteiger partial charge in [0.25, 0.3) is 0 Å². The number of likely N-dealkylation sites (tertiary alicyclic amines) is 1. The summed E-state index contributed by atoms with van der Waals surface area (Å²) in [5.41, 5.74) is 2.92. The van der Waals surface area contributed by atoms with Crippen LogP contribution in [0.1, 0.15) is 45.1 Å². The van der Waals surface area contributed by atoms with E-state index in [0.29, 0.717) is 25.9 Å². The molecule has 1 saturated heterocycles. The lowest BCUT2D eigenvalue weighted by atomic mass is 9.77. The Morgan fingerprint density at radius 2 is 1.77 bits per heavy atom. The maximum Gasteiger partial charge on any atom is 0.228 e. The van der Waals surface area contributed by atoms with Gasteiger partial charge in [-0.3, -0.25) is 9.59 Å². The van der Waals surface area contributed by atoms with Crippen LogP contribution in [-0.2, 0) is 16.0 Å². The molecule has 4 heteroatoms. The summed E-state index contributed by atoms with van der Waals surface area (Å²) in [6.07, 6.45) is 4.50. The molecule has 1 atom stereocenters. The molecule has 1 aliphatic carbocycles. The maximum absolute atomic E-state index is 13.4. The van der Waals surface area contributed by atoms with Crippen LogP contribution in [0.25, 0.3) is 11.1 Å². The van der Waals surface area contributed by atoms with Crippen LogP contribution in [0.2, 0.25) is 0 Å². The smallest absolute Gasteiger partial charge is 0.228 e. The zero-order valence-corrected chi connectivity index (χ0v) is 18.1. The first-order chi connectivity index (χ1) is 14.5. The van der Waals surface area contributed by atoms with Gasteiger partial charge in [0.05, 0.1) is 5.41 Å². The van der Waals surface area contributed by atoms with E-state index in [2.05, 4.69) is 29.6 Å². The first-order valence-corrected chi connectivity index (χ1v) is 11.2. The van der Waals surface area contributed by atoms with Crippen LogP contribution in [0.15, 0.2) is 54.6 Å². The molecule has 1 saturated carbocycles. The fourth-order valence-electron chi connectivity index (χ4n) is 4.74. The normalized spacial score (nSPS) is 21.5. The largest absolute Gasteiger partial charge is 0.353 e. The Morgan fingerprint density at radius 1 is 1.07 bits per heavy atom. The van der Waals surface area contributed by atoms with Crippen LogP contribution in [0.3, 0.4) is 0 Å². The fourth-order valence-corrected chi connectivity index (χ4v) is 4.74. The van der Waals surface area contributed by atoms with Crippen molar-refractivity contribution >= 4 is 11.8 Å². The minimum absolute atomic E-state index is 0.0734. The van der Waals surface area contributed by atoms with Crippen molar-refractivity contribution in [1.29, 1.82) is 0 Å². The van der Waals surface area contributed by atoms with Gasteiger partial charge >= 0.3 is 0 Å². The number of nitrogens with one attached hydrogen (secondary N) is 1. The molecule has 4 nitrogen and oxygen atoms in total. The first-order valence-electron chi connectivity index (χ1n) is 11.2. The molecule has 2 aromatic rings. The van der Waals surface area contributed by atoms with Crippen molar-refractivity contribution in [2.24, 2.45) is 11.3 Å². The summed E-state index contributed by atoms with van der Waals surface area (Å²) in [5.74, 6) is 0.492. The summed E-state index contributed by atoms with van der Waals surface area (Å²) >= 11 is 0. The van der Waals surface area contributed by atoms with Gasteiger partial charge < -0.3 is 10.2 Å². The third kappa shape index (κ3) is 4.14. The van der Waals surface area contributed by atoms with Crippen molar-refractivity contribution in [2.45, 2.75) is 52.0 Å². The number of nitrogens with zero attached hydrogens (tertiary/aromatic N) is 1. The zero-order valence-electron chi connectivity index (χ0n) is 18.1. The summed E-state index contributed by atoms with van der Waals surface area (Å²) in [5, 5.41) is 3.14. The van der Waals surface area contributed by atoms with E-state index in [9.17, 15) is 9.59 Å². The Labute approximate surface area is 179 Å². The number of carbonyl (C=O) groups is 2. The van der Waals surface area contributed by atoms with Gasteiger partial charge in [-0.2, -0.15) is 0 Å². The number of amides is 2. The molecule has 0 radical (unpaired) electrons. The molecule has 1 heterocycles. The van der Waals surface area contributed by atoms with Gasteiger partial charge in [0, 0.05) is 25.0 Å². The highest BCUT2D eigenvalue weighted by Gasteiger charge is 2.47. The third-order valence-corrected chi connectivity index (χ3v) is 6.65. The van der Waals surface area contributed by atoms with Crippen molar-refractivity contribution in [3.8, 4) is 11.1 Å². The predicted molar refractivity (Wildman–Crippen MR) is 120 cm³/mol. The number of hydrogen-bond donors (Lipinski definition) is 1. The zero-order chi connectivity index (χ0) is 21.1. The molecular formula is C26H32N2O2. The molecule has 158 valence electrons. The molecule has 0 spiro atoms. The Bertz CT molecular complexity index is 904. The lowest BCUT2D eigenvalue weighted by molar-refractivity contribution is -0.138. The highest BCUT2D eigenvalue weighted by molar-refractivity contribution is 5.87. The molecular weight excluding hydrogens is 372 g/mol. The molecule has 4 rings (SSSR count). The number of rotatable bonds is 6. The van der Waals surface area contributed by atoms with Gasteiger partial charge in [-0.1, -0.05) is 61.0 Å². The van der Waals surface area contributed by atoms with Gasteiger partial charge in [-0.05, 0) is 56.2 Å². The van der Waals surface area contributed by atoms with Crippen LogP contribution in [0.5, 0.6) is 0 Å². The molecule has 2 aromatic carbocycles. The Morgan fingerprint density at radius 3 is 2.43 bits per heavy atom. The van der Waals surface area contributed by atoms with Crippen molar-refractivity contribution in [3.05, 3.63) is 60.2 Å². The highest BCUT2D eigenvalue weighted by Crippen LogP contribution is 2.39. The quantitative estimate of drug-likeness (QED) is 0.774. The van der Waals surface area contributed by atoms with E-state index in [1.54, 1.807) is 0 Å². The third-order valence-electron chi connectivity index (χ3n) is 6.65. The first kappa shape index (κ1) is 20.6. The van der Waals surface area contributed by atoms with E-state index in [1.165, 1.54) is 11.1 Å². The molecule has 2 amide bonds. The SMILES string of the molecule is CC(C)NC(=O)[C@]1(Cc2ccccc2-c2ccccc2)CCN(C(=O)C2CCC2)C1. The minimum Gasteiger partial charge on any atom is -0.353 e. The Balaban J connectivity index is 1.64. The Hall–Kier alpha value is -2.62. The second-order valence-corrected chi connectivity index (χ2v) is 9.25. The van der Waals surface area contributed by atoms with E-state index < -0.39 is 5.41 Å². The Kier molecular flexibility index (Phi) is 5.94. The highest BCUT2D eigenvalue weighted by atomic mass is 16.2. The molecule has 0 aromatic heterocycles. The molecule has 1 N–H and O–H groups in total. The summed E-state index contributed by atoms with van der Waals surface area (Å²) in [6.45, 7) is 5.18. The lowest BCUT2D eigenvalue weighted by Crippen LogP contribution is -2.48. The van der Waals surface area contributed by atoms with Crippen LogP contribution in [-0.4, -0.2) is 35.8 Å². The molecule has 1 aliphatic heterocycles. The van der Waals surface area contributed by atoms with Gasteiger partial charge in [-0.15, -0.1) is 0 Å². The van der Waals surface area contributed by atoms with Crippen molar-refractivity contribution in [2.75, 3.05) is 13.1 Å². The monoisotopic (exact) mass is 404 g/mol. The van der Waals surface area contributed by atoms with Crippen LogP contribution in [0.4, 0.5) is 0 Å². The number of hydrogen-bond acceptors (Lipinski definition) is 2. The van der Waals surface area contributed by atoms with Crippen LogP contribution >= 0.6 is 0 Å². The van der Waals surface area contributed by atoms with Crippen molar-refractivity contribution in [1.82, 2.24) is 10.2 Å². The topological polar surface area (TPSA) is 49.4 Å². The second-order valence-electron chi connectivity index (χ2n) is 9.25. The maximum atomic E-state index is 13.4. The van der Waals surface area contributed by atoms with E-state index in [-0.39, 0.29) is 23.8 Å². The van der Waals surface area contributed by atoms with Gasteiger partial charge in [0.1, 0.15) is 0 Å². The summed E-state index contributed by atoms with van der Waals surface area (Å²) in [7, 11) is 0. The predicted octanol–water partition coefficient (Wildman–Crippen LogP) is 4.44. The van der Waals surface area contributed by atoms with Crippen LogP contribution in [0, 0.1) is 11.3 Å². The second kappa shape index (κ2) is 8.63. The summed E-state index contributed by atoms with van der Waals surface area (Å²) in [4.78, 5) is 28.3. The summed E-state index contributed by atoms with van der Waals surface area (Å²) < 4.78 is 0. The fraction of sp³-hybridized carbons (Fsp3) is 0.462. The average molecular weight is 405 g/mol. The lowest BCUT2D eigenvalue weighted by Gasteiger charge is -2.32. The summed E-state index contributed by atoms with van der Waals surface area (Å²) in [6, 6.07) is 18.8. The molecule has 0 bridgehead atoms. The van der Waals surface area contributed by atoms with Gasteiger partial charge in [0.2, 0.25) is 11.8 Å². The van der Waals surface area contributed by atoms with E-state index >= 15 is 0 Å². The van der Waals surface area contributed by atoms with E-state index in [0.717, 1.165) is 24.8 Å². The number of carbonyl (C=O) groups excluding carboxylic acids is 2. The minimum atomic E-state index is -0.575. The van der Waals surface area contributed by atoms with E-state index in [1.807, 2.05) is 49.1 Å². The molecule has 2 aliphatic rings. The van der Waals surface area contributed by atoms with Crippen molar-refractivity contribution < 1.29 is 9.59 Å². The molecule has 0 unspecified atom stereocenters. The molecule has 30 heavy (non-hydrogen) atoms. The standard InChI is InChI=1S/C26H32N2O2/c1-19(2)27-25(30)26(15-16-28(18-26)24(29)21-12-8-13-21)17-22-11-6-7-14-23(22)20-9-4-3-5-10-20/h3-7,9-11,14,19,21H,8,12-13,15-18H2,1-2H3,(H,27,30)/t26-/m0/s1.